The fourth-order valence-electron chi connectivity index (χ4n) is 3.88. The van der Waals surface area contributed by atoms with Crippen molar-refractivity contribution < 1.29 is 14.4 Å². The van der Waals surface area contributed by atoms with E-state index in [2.05, 4.69) is 74.0 Å². The van der Waals surface area contributed by atoms with Crippen LogP contribution in [0.25, 0.3) is 10.2 Å². The van der Waals surface area contributed by atoms with Crippen LogP contribution in [-0.2, 0) is 4.79 Å². The number of carbonyl (C=O) groups excluding carboxylic acids is 3. The molecule has 0 radical (unpaired) electrons. The number of amides is 3. The number of nitrogens with one attached hydrogen (secondary N) is 1. The van der Waals surface area contributed by atoms with E-state index in [1.165, 1.54) is 28.0 Å². The number of fused-ring (bicyclic) bond motifs is 2. The van der Waals surface area contributed by atoms with Gasteiger partial charge < -0.3 is 5.32 Å². The lowest BCUT2D eigenvalue weighted by molar-refractivity contribution is -0.113. The molecule has 4 aromatic rings. The lowest BCUT2D eigenvalue weighted by Crippen LogP contribution is -2.29. The van der Waals surface area contributed by atoms with E-state index in [1.807, 2.05) is 32.0 Å². The molecule has 1 aliphatic rings. The Kier molecular flexibility index (Phi) is 7.69. The topological polar surface area (TPSA) is 79.4 Å². The minimum absolute atomic E-state index is 0.113. The molecule has 2 heterocycles. The minimum Gasteiger partial charge on any atom is -0.325 e. The van der Waals surface area contributed by atoms with Crippen molar-refractivity contribution in [3.05, 3.63) is 76.5 Å². The van der Waals surface area contributed by atoms with Gasteiger partial charge in [0.05, 0.1) is 32.8 Å². The zero-order valence-electron chi connectivity index (χ0n) is 19.1. The summed E-state index contributed by atoms with van der Waals surface area (Å²) >= 11 is 16.5. The molecule has 1 N–H and O–H groups in total. The van der Waals surface area contributed by atoms with Gasteiger partial charge in [-0.3, -0.25) is 14.4 Å². The number of halogens is 4. The highest BCUT2D eigenvalue weighted by Gasteiger charge is 2.42. The predicted octanol–water partition coefficient (Wildman–Crippen LogP) is 8.49. The molecule has 0 atom stereocenters. The van der Waals surface area contributed by atoms with Gasteiger partial charge in [0, 0.05) is 23.6 Å². The summed E-state index contributed by atoms with van der Waals surface area (Å²) in [7, 11) is 0. The second-order valence-corrected chi connectivity index (χ2v) is 13.6. The van der Waals surface area contributed by atoms with E-state index in [9.17, 15) is 14.4 Å². The molecule has 0 saturated heterocycles. The van der Waals surface area contributed by atoms with Crippen LogP contribution in [0.5, 0.6) is 0 Å². The molecule has 3 amide bonds. The minimum atomic E-state index is -0.414. The van der Waals surface area contributed by atoms with E-state index in [1.54, 1.807) is 18.2 Å². The Bertz CT molecular complexity index is 1610. The first-order valence-electron chi connectivity index (χ1n) is 10.7. The van der Waals surface area contributed by atoms with Gasteiger partial charge in [0.2, 0.25) is 5.91 Å². The predicted molar refractivity (Wildman–Crippen MR) is 163 cm³/mol. The maximum absolute atomic E-state index is 13.3. The molecular formula is C25H15Br4N3O3S2. The van der Waals surface area contributed by atoms with Crippen molar-refractivity contribution >= 4 is 126 Å². The molecule has 0 saturated carbocycles. The summed E-state index contributed by atoms with van der Waals surface area (Å²) in [5, 5.41) is 2.96. The van der Waals surface area contributed by atoms with Crippen molar-refractivity contribution in [2.75, 3.05) is 16.0 Å². The maximum atomic E-state index is 13.3. The van der Waals surface area contributed by atoms with Gasteiger partial charge in [-0.1, -0.05) is 23.9 Å². The Labute approximate surface area is 254 Å². The molecule has 3 aromatic carbocycles. The summed E-state index contributed by atoms with van der Waals surface area (Å²) in [5.41, 5.74) is 4.74. The number of nitrogens with zero attached hydrogens (tertiary/aromatic N) is 2. The summed E-state index contributed by atoms with van der Waals surface area (Å²) in [6, 6.07) is 11.1. The molecule has 6 nitrogen and oxygen atoms in total. The Hall–Kier alpha value is -1.57. The number of imide groups is 1. The Morgan fingerprint density at radius 2 is 1.62 bits per heavy atom. The van der Waals surface area contributed by atoms with Gasteiger partial charge >= 0.3 is 0 Å². The zero-order valence-corrected chi connectivity index (χ0v) is 27.1. The largest absolute Gasteiger partial charge is 0.325 e. The Morgan fingerprint density at radius 3 is 2.27 bits per heavy atom. The normalized spacial score (nSPS) is 13.0. The molecule has 0 spiro atoms. The Balaban J connectivity index is 1.36. The number of hydrogen-bond acceptors (Lipinski definition) is 6. The number of anilines is 2. The molecule has 188 valence electrons. The van der Waals surface area contributed by atoms with Gasteiger partial charge in [-0.25, -0.2) is 9.88 Å². The standard InChI is InChI=1S/C25H15Br4N3O3S2/c1-10-4-3-5-13(11(10)2)30-16(33)9-36-25-31-14-7-6-12(8-15(14)37-25)32-23(34)17-18(24(32)35)20(27)22(29)21(28)19(17)26/h3-8H,9H2,1-2H3,(H,30,33). The quantitative estimate of drug-likeness (QED) is 0.0951. The molecule has 0 aliphatic carbocycles. The van der Waals surface area contributed by atoms with Crippen molar-refractivity contribution in [1.82, 2.24) is 4.98 Å². The average Bonchev–Trinajstić information content (AvgIpc) is 3.39. The van der Waals surface area contributed by atoms with Gasteiger partial charge in [0.25, 0.3) is 11.8 Å². The van der Waals surface area contributed by atoms with Gasteiger partial charge in [-0.05, 0) is 113 Å². The zero-order chi connectivity index (χ0) is 26.6. The lowest BCUT2D eigenvalue weighted by Gasteiger charge is -2.13. The number of benzene rings is 3. The summed E-state index contributed by atoms with van der Waals surface area (Å²) in [4.78, 5) is 44.9. The third kappa shape index (κ3) is 4.85. The second kappa shape index (κ2) is 10.5. The van der Waals surface area contributed by atoms with Crippen molar-refractivity contribution in [2.45, 2.75) is 18.2 Å². The van der Waals surface area contributed by atoms with Crippen LogP contribution in [0.4, 0.5) is 11.4 Å². The summed E-state index contributed by atoms with van der Waals surface area (Å²) in [6.45, 7) is 3.99. The van der Waals surface area contributed by atoms with Crippen molar-refractivity contribution in [3.8, 4) is 0 Å². The number of hydrogen-bond donors (Lipinski definition) is 1. The van der Waals surface area contributed by atoms with Crippen LogP contribution >= 0.6 is 86.8 Å². The monoisotopic (exact) mass is 785 g/mol. The van der Waals surface area contributed by atoms with Crippen LogP contribution in [0.1, 0.15) is 31.8 Å². The van der Waals surface area contributed by atoms with E-state index in [-0.39, 0.29) is 11.7 Å². The molecule has 12 heteroatoms. The number of rotatable bonds is 5. The second-order valence-electron chi connectivity index (χ2n) is 8.17. The van der Waals surface area contributed by atoms with E-state index < -0.39 is 11.8 Å². The van der Waals surface area contributed by atoms with Crippen LogP contribution < -0.4 is 10.2 Å². The molecular weight excluding hydrogens is 774 g/mol. The number of aromatic nitrogens is 1. The molecule has 37 heavy (non-hydrogen) atoms. The van der Waals surface area contributed by atoms with Crippen molar-refractivity contribution in [1.29, 1.82) is 0 Å². The molecule has 1 aromatic heterocycles. The lowest BCUT2D eigenvalue weighted by atomic mass is 10.1. The number of aryl methyl sites for hydroxylation is 1. The first-order chi connectivity index (χ1) is 17.6. The SMILES string of the molecule is Cc1cccc(NC(=O)CSc2nc3ccc(N4C(=O)c5c(Br)c(Br)c(Br)c(Br)c5C4=O)cc3s2)c1C. The van der Waals surface area contributed by atoms with Crippen LogP contribution in [0, 0.1) is 13.8 Å². The summed E-state index contributed by atoms with van der Waals surface area (Å²) < 4.78 is 3.84. The van der Waals surface area contributed by atoms with Crippen molar-refractivity contribution in [2.24, 2.45) is 0 Å². The Morgan fingerprint density at radius 1 is 0.973 bits per heavy atom. The van der Waals surface area contributed by atoms with E-state index in [4.69, 9.17) is 0 Å². The highest BCUT2D eigenvalue weighted by Crippen LogP contribution is 2.46. The summed E-state index contributed by atoms with van der Waals surface area (Å²) in [5.74, 6) is -0.729. The number of carbonyl (C=O) groups is 3. The molecule has 0 fully saturated rings. The smallest absolute Gasteiger partial charge is 0.267 e. The third-order valence-corrected chi connectivity index (χ3v) is 12.8. The summed E-state index contributed by atoms with van der Waals surface area (Å²) in [6.07, 6.45) is 0. The van der Waals surface area contributed by atoms with Crippen LogP contribution in [0.2, 0.25) is 0 Å². The number of thioether (sulfide) groups is 1. The average molecular weight is 789 g/mol. The van der Waals surface area contributed by atoms with Gasteiger partial charge in [0.1, 0.15) is 0 Å². The van der Waals surface area contributed by atoms with E-state index in [0.717, 1.165) is 31.4 Å². The van der Waals surface area contributed by atoms with Gasteiger partial charge in [0.15, 0.2) is 4.34 Å². The van der Waals surface area contributed by atoms with Crippen LogP contribution in [-0.4, -0.2) is 28.5 Å². The number of thiazole rings is 1. The highest BCUT2D eigenvalue weighted by atomic mass is 79.9. The molecule has 0 bridgehead atoms. The van der Waals surface area contributed by atoms with Crippen molar-refractivity contribution in [3.63, 3.8) is 0 Å². The van der Waals surface area contributed by atoms with Gasteiger partial charge in [-0.15, -0.1) is 11.3 Å². The highest BCUT2D eigenvalue weighted by molar-refractivity contribution is 9.15. The first-order valence-corrected chi connectivity index (χ1v) is 15.7. The fourth-order valence-corrected chi connectivity index (χ4v) is 8.24. The van der Waals surface area contributed by atoms with E-state index in [0.29, 0.717) is 34.7 Å². The van der Waals surface area contributed by atoms with Gasteiger partial charge in [-0.2, -0.15) is 0 Å². The van der Waals surface area contributed by atoms with E-state index >= 15 is 0 Å². The maximum Gasteiger partial charge on any atom is 0.267 e. The molecule has 5 rings (SSSR count). The van der Waals surface area contributed by atoms with Crippen LogP contribution in [0.3, 0.4) is 0 Å². The molecule has 0 unspecified atom stereocenters. The first kappa shape index (κ1) is 27.0. The fraction of sp³-hybridized carbons (Fsp3) is 0.120. The van der Waals surface area contributed by atoms with Crippen LogP contribution in [0.15, 0.2) is 58.6 Å². The molecule has 1 aliphatic heterocycles. The third-order valence-electron chi connectivity index (χ3n) is 5.92.